The van der Waals surface area contributed by atoms with Crippen LogP contribution in [0.4, 0.5) is 0 Å². The molecule has 1 saturated heterocycles. The van der Waals surface area contributed by atoms with Gasteiger partial charge in [-0.3, -0.25) is 9.59 Å². The molecule has 0 unspecified atom stereocenters. The lowest BCUT2D eigenvalue weighted by Gasteiger charge is -2.20. The van der Waals surface area contributed by atoms with Gasteiger partial charge in [0.25, 0.3) is 0 Å². The summed E-state index contributed by atoms with van der Waals surface area (Å²) in [4.78, 5) is 25.1. The highest BCUT2D eigenvalue weighted by Crippen LogP contribution is 2.30. The normalized spacial score (nSPS) is 21.4. The van der Waals surface area contributed by atoms with Crippen molar-refractivity contribution in [3.63, 3.8) is 0 Å². The van der Waals surface area contributed by atoms with E-state index < -0.39 is 11.4 Å². The Hall–Kier alpha value is -2.30. The number of carboxylic acid groups (broad SMARTS) is 1. The lowest BCUT2D eigenvalue weighted by Crippen LogP contribution is -2.34. The number of furan rings is 1. The smallest absolute Gasteiger partial charge is 0.311 e. The standard InChI is InChI=1S/C17H19NO4/c1-17(16(20)21)8-9-18(11-17)15(19)7-6-13-10-12-4-2-3-5-14(12)22-13/h2-5,10H,6-9,11H2,1H3,(H,20,21)/t17-/m1/s1. The van der Waals surface area contributed by atoms with E-state index in [4.69, 9.17) is 4.42 Å². The predicted octanol–water partition coefficient (Wildman–Crippen LogP) is 2.69. The third-order valence-corrected chi connectivity index (χ3v) is 4.40. The average Bonchev–Trinajstić information content (AvgIpc) is 3.09. The third kappa shape index (κ3) is 2.71. The molecule has 0 aliphatic carbocycles. The molecule has 1 amide bonds. The summed E-state index contributed by atoms with van der Waals surface area (Å²) < 4.78 is 5.70. The zero-order valence-corrected chi connectivity index (χ0v) is 12.5. The van der Waals surface area contributed by atoms with Crippen LogP contribution in [0.15, 0.2) is 34.7 Å². The number of carbonyl (C=O) groups excluding carboxylic acids is 1. The number of nitrogens with zero attached hydrogens (tertiary/aromatic N) is 1. The second-order valence-corrected chi connectivity index (χ2v) is 6.18. The summed E-state index contributed by atoms with van der Waals surface area (Å²) in [7, 11) is 0. The van der Waals surface area contributed by atoms with E-state index in [2.05, 4.69) is 0 Å². The number of carboxylic acids is 1. The molecule has 0 saturated carbocycles. The fourth-order valence-corrected chi connectivity index (χ4v) is 2.90. The molecule has 1 N–H and O–H groups in total. The van der Waals surface area contributed by atoms with Crippen LogP contribution in [0.3, 0.4) is 0 Å². The highest BCUT2D eigenvalue weighted by molar-refractivity contribution is 5.81. The molecule has 1 atom stereocenters. The van der Waals surface area contributed by atoms with Crippen molar-refractivity contribution in [1.82, 2.24) is 4.90 Å². The number of hydrogen-bond acceptors (Lipinski definition) is 3. The fourth-order valence-electron chi connectivity index (χ4n) is 2.90. The zero-order valence-electron chi connectivity index (χ0n) is 12.5. The van der Waals surface area contributed by atoms with Gasteiger partial charge in [-0.2, -0.15) is 0 Å². The summed E-state index contributed by atoms with van der Waals surface area (Å²) in [6.45, 7) is 2.50. The number of para-hydroxylation sites is 1. The third-order valence-electron chi connectivity index (χ3n) is 4.40. The number of fused-ring (bicyclic) bond motifs is 1. The van der Waals surface area contributed by atoms with Crippen LogP contribution in [0, 0.1) is 5.41 Å². The molecular formula is C17H19NO4. The van der Waals surface area contributed by atoms with Gasteiger partial charge in [0, 0.05) is 31.3 Å². The minimum atomic E-state index is -0.833. The van der Waals surface area contributed by atoms with Gasteiger partial charge in [-0.15, -0.1) is 0 Å². The van der Waals surface area contributed by atoms with Crippen molar-refractivity contribution < 1.29 is 19.1 Å². The van der Waals surface area contributed by atoms with Crippen LogP contribution in [0.2, 0.25) is 0 Å². The number of likely N-dealkylation sites (tertiary alicyclic amines) is 1. The Morgan fingerprint density at radius 3 is 2.82 bits per heavy atom. The van der Waals surface area contributed by atoms with Crippen molar-refractivity contribution in [1.29, 1.82) is 0 Å². The molecule has 2 heterocycles. The Kier molecular flexibility index (Phi) is 3.64. The zero-order chi connectivity index (χ0) is 15.7. The van der Waals surface area contributed by atoms with Crippen molar-refractivity contribution in [2.75, 3.05) is 13.1 Å². The number of hydrogen-bond donors (Lipinski definition) is 1. The van der Waals surface area contributed by atoms with E-state index in [-0.39, 0.29) is 5.91 Å². The largest absolute Gasteiger partial charge is 0.481 e. The molecule has 1 aliphatic rings. The quantitative estimate of drug-likeness (QED) is 0.942. The van der Waals surface area contributed by atoms with Crippen molar-refractivity contribution in [3.8, 4) is 0 Å². The molecular weight excluding hydrogens is 282 g/mol. The first kappa shape index (κ1) is 14.6. The van der Waals surface area contributed by atoms with Gasteiger partial charge in [0.2, 0.25) is 5.91 Å². The predicted molar refractivity (Wildman–Crippen MR) is 81.5 cm³/mol. The van der Waals surface area contributed by atoms with E-state index in [1.807, 2.05) is 30.3 Å². The highest BCUT2D eigenvalue weighted by atomic mass is 16.4. The molecule has 1 aromatic heterocycles. The van der Waals surface area contributed by atoms with Crippen LogP contribution < -0.4 is 0 Å². The summed E-state index contributed by atoms with van der Waals surface area (Å²) in [6.07, 6.45) is 1.39. The van der Waals surface area contributed by atoms with Crippen LogP contribution in [0.1, 0.15) is 25.5 Å². The van der Waals surface area contributed by atoms with Crippen molar-refractivity contribution in [2.24, 2.45) is 5.41 Å². The van der Waals surface area contributed by atoms with E-state index >= 15 is 0 Å². The van der Waals surface area contributed by atoms with E-state index in [1.165, 1.54) is 0 Å². The molecule has 1 aliphatic heterocycles. The first-order valence-corrected chi connectivity index (χ1v) is 7.47. The van der Waals surface area contributed by atoms with Crippen LogP contribution in [0.25, 0.3) is 11.0 Å². The lowest BCUT2D eigenvalue weighted by atomic mass is 9.90. The van der Waals surface area contributed by atoms with Gasteiger partial charge in [0.1, 0.15) is 11.3 Å². The molecule has 3 rings (SSSR count). The van der Waals surface area contributed by atoms with E-state index in [9.17, 15) is 14.7 Å². The van der Waals surface area contributed by atoms with Crippen molar-refractivity contribution >= 4 is 22.8 Å². The highest BCUT2D eigenvalue weighted by Gasteiger charge is 2.41. The molecule has 0 spiro atoms. The minimum Gasteiger partial charge on any atom is -0.481 e. The summed E-state index contributed by atoms with van der Waals surface area (Å²) in [5, 5.41) is 10.2. The summed E-state index contributed by atoms with van der Waals surface area (Å²) in [6, 6.07) is 9.69. The maximum absolute atomic E-state index is 12.2. The number of benzene rings is 1. The van der Waals surface area contributed by atoms with Gasteiger partial charge in [0.05, 0.1) is 5.41 Å². The maximum Gasteiger partial charge on any atom is 0.311 e. The molecule has 116 valence electrons. The summed E-state index contributed by atoms with van der Waals surface area (Å²) in [5.74, 6) is -0.0553. The Morgan fingerprint density at radius 2 is 2.14 bits per heavy atom. The van der Waals surface area contributed by atoms with E-state index in [0.717, 1.165) is 16.7 Å². The monoisotopic (exact) mass is 301 g/mol. The molecule has 0 bridgehead atoms. The molecule has 0 radical (unpaired) electrons. The molecule has 5 nitrogen and oxygen atoms in total. The number of aryl methyl sites for hydroxylation is 1. The van der Waals surface area contributed by atoms with Gasteiger partial charge in [-0.05, 0) is 25.5 Å². The van der Waals surface area contributed by atoms with Crippen molar-refractivity contribution in [2.45, 2.75) is 26.2 Å². The number of rotatable bonds is 4. The Labute approximate surface area is 128 Å². The van der Waals surface area contributed by atoms with Gasteiger partial charge in [-0.25, -0.2) is 0 Å². The minimum absolute atomic E-state index is 0.00886. The number of aliphatic carboxylic acids is 1. The summed E-state index contributed by atoms with van der Waals surface area (Å²) in [5.41, 5.74) is 0.0132. The molecule has 2 aromatic rings. The van der Waals surface area contributed by atoms with Crippen molar-refractivity contribution in [3.05, 3.63) is 36.1 Å². The average molecular weight is 301 g/mol. The second-order valence-electron chi connectivity index (χ2n) is 6.18. The molecule has 1 aromatic carbocycles. The number of carbonyl (C=O) groups is 2. The second kappa shape index (κ2) is 5.48. The van der Waals surface area contributed by atoms with Crippen LogP contribution in [0.5, 0.6) is 0 Å². The van der Waals surface area contributed by atoms with Crippen LogP contribution in [-0.4, -0.2) is 35.0 Å². The fraction of sp³-hybridized carbons (Fsp3) is 0.412. The van der Waals surface area contributed by atoms with E-state index in [0.29, 0.717) is 32.4 Å². The molecule has 5 heteroatoms. The lowest BCUT2D eigenvalue weighted by molar-refractivity contribution is -0.147. The maximum atomic E-state index is 12.2. The van der Waals surface area contributed by atoms with Gasteiger partial charge < -0.3 is 14.4 Å². The summed E-state index contributed by atoms with van der Waals surface area (Å²) >= 11 is 0. The molecule has 1 fully saturated rings. The Bertz CT molecular complexity index is 687. The molecule has 22 heavy (non-hydrogen) atoms. The number of amides is 1. The van der Waals surface area contributed by atoms with E-state index in [1.54, 1.807) is 11.8 Å². The van der Waals surface area contributed by atoms with Gasteiger partial charge in [0.15, 0.2) is 0 Å². The SMILES string of the molecule is C[C@@]1(C(=O)O)CCN(C(=O)CCc2cc3ccccc3o2)C1. The van der Waals surface area contributed by atoms with Gasteiger partial charge in [-0.1, -0.05) is 18.2 Å². The van der Waals surface area contributed by atoms with Gasteiger partial charge >= 0.3 is 5.97 Å². The first-order chi connectivity index (χ1) is 10.5. The Morgan fingerprint density at radius 1 is 1.36 bits per heavy atom. The van der Waals surface area contributed by atoms with Crippen LogP contribution in [-0.2, 0) is 16.0 Å². The van der Waals surface area contributed by atoms with Crippen LogP contribution >= 0.6 is 0 Å². The Balaban J connectivity index is 1.60. The first-order valence-electron chi connectivity index (χ1n) is 7.47. The topological polar surface area (TPSA) is 70.8 Å².